The van der Waals surface area contributed by atoms with Crippen molar-refractivity contribution < 1.29 is 23.1 Å². The number of carbonyl (C=O) groups is 1. The molecule has 0 bridgehead atoms. The van der Waals surface area contributed by atoms with Crippen molar-refractivity contribution >= 4 is 5.91 Å². The molecule has 1 saturated heterocycles. The molecular weight excluding hydrogens is 199 g/mol. The number of likely N-dealkylation sites (tertiary alicyclic amines) is 1. The first kappa shape index (κ1) is 11.3. The molecule has 3 nitrogen and oxygen atoms in total. The highest BCUT2D eigenvalue weighted by molar-refractivity contribution is 5.79. The Labute approximate surface area is 79.5 Å². The van der Waals surface area contributed by atoms with Gasteiger partial charge in [0, 0.05) is 6.54 Å². The number of nitrogens with zero attached hydrogens (tertiary/aromatic N) is 1. The zero-order valence-electron chi connectivity index (χ0n) is 7.93. The minimum atomic E-state index is -4.48. The van der Waals surface area contributed by atoms with Crippen molar-refractivity contribution in [3.63, 3.8) is 0 Å². The van der Waals surface area contributed by atoms with Gasteiger partial charge in [-0.15, -0.1) is 0 Å². The van der Waals surface area contributed by atoms with Gasteiger partial charge in [-0.2, -0.15) is 13.2 Å². The van der Waals surface area contributed by atoms with E-state index in [0.29, 0.717) is 4.90 Å². The quantitative estimate of drug-likeness (QED) is 0.700. The fourth-order valence-corrected chi connectivity index (χ4v) is 1.38. The summed E-state index contributed by atoms with van der Waals surface area (Å²) in [6.07, 6.45) is -5.68. The minimum absolute atomic E-state index is 0.223. The molecule has 14 heavy (non-hydrogen) atoms. The number of β-amino-alcohol motifs (C(OH)–C–C–N with tert-alkyl or cyclic N) is 1. The number of aliphatic hydroxyl groups excluding tert-OH is 1. The van der Waals surface area contributed by atoms with E-state index in [2.05, 4.69) is 0 Å². The standard InChI is InChI=1S/C8H12F3NO2/c1-7(2,8(9,10)11)12-4-5(13)3-6(12)14/h5,13H,3-4H2,1-2H3. The second-order valence-electron chi connectivity index (χ2n) is 3.92. The van der Waals surface area contributed by atoms with E-state index < -0.39 is 23.7 Å². The molecule has 1 heterocycles. The third-order valence-electron chi connectivity index (χ3n) is 2.47. The van der Waals surface area contributed by atoms with Crippen molar-refractivity contribution in [2.75, 3.05) is 6.54 Å². The summed E-state index contributed by atoms with van der Waals surface area (Å²) >= 11 is 0. The number of halogens is 3. The summed E-state index contributed by atoms with van der Waals surface area (Å²) in [5.74, 6) is -0.653. The molecule has 1 aliphatic heterocycles. The Morgan fingerprint density at radius 1 is 1.43 bits per heavy atom. The third-order valence-corrected chi connectivity index (χ3v) is 2.47. The van der Waals surface area contributed by atoms with Gasteiger partial charge in [0.15, 0.2) is 0 Å². The van der Waals surface area contributed by atoms with Crippen LogP contribution >= 0.6 is 0 Å². The van der Waals surface area contributed by atoms with Crippen LogP contribution in [0.5, 0.6) is 0 Å². The van der Waals surface area contributed by atoms with Crippen LogP contribution in [0.15, 0.2) is 0 Å². The zero-order chi connectivity index (χ0) is 11.1. The number of amides is 1. The number of hydrogen-bond acceptors (Lipinski definition) is 2. The lowest BCUT2D eigenvalue weighted by atomic mass is 10.0. The maximum Gasteiger partial charge on any atom is 0.411 e. The summed E-state index contributed by atoms with van der Waals surface area (Å²) in [4.78, 5) is 11.8. The van der Waals surface area contributed by atoms with E-state index in [1.54, 1.807) is 0 Å². The Hall–Kier alpha value is -0.780. The summed E-state index contributed by atoms with van der Waals surface area (Å²) < 4.78 is 37.5. The third kappa shape index (κ3) is 1.70. The predicted molar refractivity (Wildman–Crippen MR) is 42.5 cm³/mol. The Bertz CT molecular complexity index is 249. The molecule has 1 N–H and O–H groups in total. The highest BCUT2D eigenvalue weighted by Gasteiger charge is 2.54. The molecule has 0 aliphatic carbocycles. The molecule has 0 aromatic heterocycles. The van der Waals surface area contributed by atoms with Gasteiger partial charge >= 0.3 is 6.18 Å². The SMILES string of the molecule is CC(C)(N1CC(O)CC1=O)C(F)(F)F. The topological polar surface area (TPSA) is 40.5 Å². The van der Waals surface area contributed by atoms with Crippen LogP contribution in [0.25, 0.3) is 0 Å². The molecule has 1 fully saturated rings. The van der Waals surface area contributed by atoms with Gasteiger partial charge in [0.2, 0.25) is 5.91 Å². The summed E-state index contributed by atoms with van der Waals surface area (Å²) in [7, 11) is 0. The fourth-order valence-electron chi connectivity index (χ4n) is 1.38. The van der Waals surface area contributed by atoms with Crippen molar-refractivity contribution in [2.45, 2.75) is 38.1 Å². The lowest BCUT2D eigenvalue weighted by Crippen LogP contribution is -2.55. The molecule has 0 spiro atoms. The molecule has 0 radical (unpaired) electrons. The monoisotopic (exact) mass is 211 g/mol. The maximum atomic E-state index is 12.5. The lowest BCUT2D eigenvalue weighted by Gasteiger charge is -2.36. The van der Waals surface area contributed by atoms with Crippen LogP contribution in [0.1, 0.15) is 20.3 Å². The smallest absolute Gasteiger partial charge is 0.391 e. The summed E-state index contributed by atoms with van der Waals surface area (Å²) in [5.41, 5.74) is -2.21. The second kappa shape index (κ2) is 3.12. The molecule has 1 rings (SSSR count). The van der Waals surface area contributed by atoms with Crippen molar-refractivity contribution in [3.05, 3.63) is 0 Å². The Morgan fingerprint density at radius 3 is 2.21 bits per heavy atom. The molecular formula is C8H12F3NO2. The first-order valence-electron chi connectivity index (χ1n) is 4.21. The van der Waals surface area contributed by atoms with Gasteiger partial charge in [0.1, 0.15) is 5.54 Å². The summed E-state index contributed by atoms with van der Waals surface area (Å²) in [6.45, 7) is 1.62. The van der Waals surface area contributed by atoms with Gasteiger partial charge in [-0.1, -0.05) is 0 Å². The number of carbonyl (C=O) groups excluding carboxylic acids is 1. The minimum Gasteiger partial charge on any atom is -0.391 e. The average Bonchev–Trinajstić information content (AvgIpc) is 2.27. The molecule has 0 saturated carbocycles. The maximum absolute atomic E-state index is 12.5. The number of alkyl halides is 3. The first-order valence-corrected chi connectivity index (χ1v) is 4.21. The first-order chi connectivity index (χ1) is 6.16. The molecule has 0 aromatic rings. The second-order valence-corrected chi connectivity index (χ2v) is 3.92. The molecule has 1 unspecified atom stereocenters. The average molecular weight is 211 g/mol. The van der Waals surface area contributed by atoms with E-state index in [-0.39, 0.29) is 13.0 Å². The molecule has 6 heteroatoms. The highest BCUT2D eigenvalue weighted by Crippen LogP contribution is 2.37. The van der Waals surface area contributed by atoms with Crippen LogP contribution in [-0.4, -0.2) is 40.3 Å². The lowest BCUT2D eigenvalue weighted by molar-refractivity contribution is -0.218. The van der Waals surface area contributed by atoms with Crippen LogP contribution < -0.4 is 0 Å². The van der Waals surface area contributed by atoms with Crippen LogP contribution in [0.4, 0.5) is 13.2 Å². The zero-order valence-corrected chi connectivity index (χ0v) is 7.93. The number of aliphatic hydroxyl groups is 1. The fraction of sp³-hybridized carbons (Fsp3) is 0.875. The summed E-state index contributed by atoms with van der Waals surface area (Å²) in [6, 6.07) is 0. The van der Waals surface area contributed by atoms with Gasteiger partial charge in [-0.05, 0) is 13.8 Å². The molecule has 1 aliphatic rings. The van der Waals surface area contributed by atoms with Crippen molar-refractivity contribution in [3.8, 4) is 0 Å². The van der Waals surface area contributed by atoms with E-state index in [0.717, 1.165) is 13.8 Å². The van der Waals surface area contributed by atoms with E-state index in [9.17, 15) is 18.0 Å². The van der Waals surface area contributed by atoms with Crippen molar-refractivity contribution in [1.29, 1.82) is 0 Å². The van der Waals surface area contributed by atoms with Gasteiger partial charge in [-0.25, -0.2) is 0 Å². The Kier molecular flexibility index (Phi) is 2.51. The number of hydrogen-bond donors (Lipinski definition) is 1. The Balaban J connectivity index is 2.88. The number of rotatable bonds is 1. The molecule has 1 atom stereocenters. The van der Waals surface area contributed by atoms with E-state index in [4.69, 9.17) is 5.11 Å². The van der Waals surface area contributed by atoms with E-state index >= 15 is 0 Å². The molecule has 0 aromatic carbocycles. The normalized spacial score (nSPS) is 24.6. The van der Waals surface area contributed by atoms with Crippen LogP contribution in [0, 0.1) is 0 Å². The highest BCUT2D eigenvalue weighted by atomic mass is 19.4. The van der Waals surface area contributed by atoms with Crippen LogP contribution in [0.3, 0.4) is 0 Å². The van der Waals surface area contributed by atoms with Gasteiger partial charge in [0.25, 0.3) is 0 Å². The van der Waals surface area contributed by atoms with E-state index in [1.165, 1.54) is 0 Å². The van der Waals surface area contributed by atoms with Gasteiger partial charge in [-0.3, -0.25) is 4.79 Å². The van der Waals surface area contributed by atoms with Crippen molar-refractivity contribution in [2.24, 2.45) is 0 Å². The largest absolute Gasteiger partial charge is 0.411 e. The van der Waals surface area contributed by atoms with Crippen molar-refractivity contribution in [1.82, 2.24) is 4.90 Å². The predicted octanol–water partition coefficient (Wildman–Crippen LogP) is 0.921. The Morgan fingerprint density at radius 2 is 1.93 bits per heavy atom. The van der Waals surface area contributed by atoms with Crippen LogP contribution in [0.2, 0.25) is 0 Å². The molecule has 82 valence electrons. The molecule has 1 amide bonds. The van der Waals surface area contributed by atoms with Gasteiger partial charge in [0.05, 0.1) is 12.5 Å². The summed E-state index contributed by atoms with van der Waals surface area (Å²) in [5, 5.41) is 9.07. The van der Waals surface area contributed by atoms with E-state index in [1.807, 2.05) is 0 Å². The van der Waals surface area contributed by atoms with Gasteiger partial charge < -0.3 is 10.0 Å². The van der Waals surface area contributed by atoms with Crippen LogP contribution in [-0.2, 0) is 4.79 Å².